The van der Waals surface area contributed by atoms with E-state index in [2.05, 4.69) is 4.90 Å². The fraction of sp³-hybridized carbons (Fsp3) is 0.304. The first-order valence-electron chi connectivity index (χ1n) is 10.2. The van der Waals surface area contributed by atoms with Crippen LogP contribution in [0.15, 0.2) is 40.2 Å². The number of halogens is 1. The number of hydrogen-bond donors (Lipinski definition) is 1. The number of aromatic carboxylic acids is 1. The Balaban J connectivity index is 1.86. The third kappa shape index (κ3) is 3.13. The van der Waals surface area contributed by atoms with E-state index in [0.717, 1.165) is 18.7 Å². The van der Waals surface area contributed by atoms with Crippen molar-refractivity contribution < 1.29 is 14.3 Å². The lowest BCUT2D eigenvalue weighted by Crippen LogP contribution is -2.45. The number of hydrogen-bond acceptors (Lipinski definition) is 5. The van der Waals surface area contributed by atoms with E-state index < -0.39 is 17.2 Å². The minimum absolute atomic E-state index is 0.140. The minimum atomic E-state index is -1.28. The quantitative estimate of drug-likeness (QED) is 0.672. The van der Waals surface area contributed by atoms with E-state index in [1.807, 2.05) is 35.6 Å². The van der Waals surface area contributed by atoms with Crippen LogP contribution in [0.3, 0.4) is 0 Å². The highest BCUT2D eigenvalue weighted by Crippen LogP contribution is 2.42. The Kier molecular flexibility index (Phi) is 4.79. The van der Waals surface area contributed by atoms with Crippen molar-refractivity contribution in [1.82, 2.24) is 9.47 Å². The third-order valence-electron chi connectivity index (χ3n) is 6.16. The molecule has 3 aromatic rings. The second kappa shape index (κ2) is 7.39. The van der Waals surface area contributed by atoms with Crippen molar-refractivity contribution in [3.05, 3.63) is 57.5 Å². The van der Waals surface area contributed by atoms with Gasteiger partial charge < -0.3 is 19.5 Å². The van der Waals surface area contributed by atoms with Gasteiger partial charge >= 0.3 is 5.97 Å². The molecule has 0 aliphatic carbocycles. The molecule has 5 rings (SSSR count). The van der Waals surface area contributed by atoms with Crippen LogP contribution in [0.4, 0.5) is 10.1 Å². The van der Waals surface area contributed by atoms with E-state index in [1.54, 1.807) is 18.2 Å². The number of rotatable bonds is 3. The molecule has 0 saturated carbocycles. The van der Waals surface area contributed by atoms with E-state index in [4.69, 9.17) is 0 Å². The van der Waals surface area contributed by atoms with Crippen molar-refractivity contribution in [2.45, 2.75) is 17.8 Å². The second-order valence-corrected chi connectivity index (χ2v) is 9.08. The van der Waals surface area contributed by atoms with Gasteiger partial charge in [-0.05, 0) is 25.6 Å². The predicted molar refractivity (Wildman–Crippen MR) is 121 cm³/mol. The lowest BCUT2D eigenvalue weighted by atomic mass is 9.96. The van der Waals surface area contributed by atoms with Gasteiger partial charge in [0.1, 0.15) is 5.56 Å². The predicted octanol–water partition coefficient (Wildman–Crippen LogP) is 3.63. The topological polar surface area (TPSA) is 65.8 Å². The molecule has 0 bridgehead atoms. The van der Waals surface area contributed by atoms with Gasteiger partial charge in [0, 0.05) is 31.7 Å². The summed E-state index contributed by atoms with van der Waals surface area (Å²) in [6.45, 7) is 4.96. The zero-order chi connectivity index (χ0) is 21.9. The van der Waals surface area contributed by atoms with Crippen molar-refractivity contribution in [2.75, 3.05) is 38.1 Å². The molecule has 8 heteroatoms. The van der Waals surface area contributed by atoms with E-state index >= 15 is 4.39 Å². The van der Waals surface area contributed by atoms with Gasteiger partial charge in [-0.2, -0.15) is 0 Å². The molecular weight excluding hydrogens is 417 g/mol. The molecule has 0 amide bonds. The molecule has 0 atom stereocenters. The summed E-state index contributed by atoms with van der Waals surface area (Å²) in [6, 6.07) is 9.05. The maximum absolute atomic E-state index is 16.1. The molecule has 1 N–H and O–H groups in total. The molecule has 2 aliphatic rings. The number of aromatic nitrogens is 1. The van der Waals surface area contributed by atoms with Crippen molar-refractivity contribution in [3.8, 4) is 11.1 Å². The van der Waals surface area contributed by atoms with E-state index in [0.29, 0.717) is 40.8 Å². The molecule has 1 fully saturated rings. The molecule has 31 heavy (non-hydrogen) atoms. The highest BCUT2D eigenvalue weighted by molar-refractivity contribution is 7.99. The number of carboxylic acid groups (broad SMARTS) is 1. The van der Waals surface area contributed by atoms with Crippen molar-refractivity contribution in [1.29, 1.82) is 0 Å². The summed E-state index contributed by atoms with van der Waals surface area (Å²) in [5.41, 5.74) is 1.94. The molecule has 2 aromatic carbocycles. The summed E-state index contributed by atoms with van der Waals surface area (Å²) in [7, 11) is 2.04. The molecule has 0 radical (unpaired) electrons. The van der Waals surface area contributed by atoms with E-state index in [1.165, 1.54) is 11.8 Å². The van der Waals surface area contributed by atoms with Gasteiger partial charge in [0.25, 0.3) is 0 Å². The number of anilines is 1. The number of aryl methyl sites for hydroxylation is 1. The van der Waals surface area contributed by atoms with Crippen molar-refractivity contribution in [3.63, 3.8) is 0 Å². The summed E-state index contributed by atoms with van der Waals surface area (Å²) in [5, 5.41) is 10.3. The average Bonchev–Trinajstić information content (AvgIpc) is 2.72. The number of likely N-dealkylation sites (N-methyl/N-ethyl adjacent to an activating group) is 1. The Morgan fingerprint density at radius 1 is 1.13 bits per heavy atom. The Hall–Kier alpha value is -2.84. The molecule has 6 nitrogen and oxygen atoms in total. The number of carboxylic acids is 1. The van der Waals surface area contributed by atoms with Crippen LogP contribution in [0, 0.1) is 12.7 Å². The van der Waals surface area contributed by atoms with Gasteiger partial charge in [0.05, 0.1) is 27.5 Å². The summed E-state index contributed by atoms with van der Waals surface area (Å²) < 4.78 is 17.9. The summed E-state index contributed by atoms with van der Waals surface area (Å²) in [4.78, 5) is 29.4. The van der Waals surface area contributed by atoms with Crippen LogP contribution in [0.25, 0.3) is 22.0 Å². The number of benzene rings is 2. The van der Waals surface area contributed by atoms with E-state index in [9.17, 15) is 14.7 Å². The number of fused-ring (bicyclic) bond motifs is 3. The summed E-state index contributed by atoms with van der Waals surface area (Å²) in [5.74, 6) is -1.21. The lowest BCUT2D eigenvalue weighted by molar-refractivity contribution is 0.0689. The standard InChI is InChI=1S/C23H22FN3O3S/c1-13-3-5-14(6-4-13)17-18-15(27-12-31-22(27)19(21(18)28)23(29)30)11-16(20(17)24)26-9-7-25(2)8-10-26/h3-6,11H,7-10,12H2,1-2H3,(H,29,30). The highest BCUT2D eigenvalue weighted by atomic mass is 32.2. The third-order valence-corrected chi connectivity index (χ3v) is 7.24. The molecule has 1 saturated heterocycles. The average molecular weight is 440 g/mol. The van der Waals surface area contributed by atoms with Crippen LogP contribution < -0.4 is 10.3 Å². The molecule has 0 spiro atoms. The Bertz CT molecular complexity index is 1280. The fourth-order valence-electron chi connectivity index (χ4n) is 4.33. The van der Waals surface area contributed by atoms with Crippen LogP contribution >= 0.6 is 11.8 Å². The summed E-state index contributed by atoms with van der Waals surface area (Å²) >= 11 is 1.33. The van der Waals surface area contributed by atoms with Crippen LogP contribution in [-0.4, -0.2) is 53.8 Å². The highest BCUT2D eigenvalue weighted by Gasteiger charge is 2.32. The maximum Gasteiger partial charge on any atom is 0.342 e. The fourth-order valence-corrected chi connectivity index (χ4v) is 5.28. The molecule has 0 unspecified atom stereocenters. The second-order valence-electron chi connectivity index (χ2n) is 8.15. The Labute approximate surface area is 182 Å². The summed E-state index contributed by atoms with van der Waals surface area (Å²) in [6.07, 6.45) is 0. The van der Waals surface area contributed by atoms with Gasteiger partial charge in [-0.1, -0.05) is 41.6 Å². The van der Waals surface area contributed by atoms with Crippen LogP contribution in [0.1, 0.15) is 15.9 Å². The first-order chi connectivity index (χ1) is 14.9. The monoisotopic (exact) mass is 439 g/mol. The largest absolute Gasteiger partial charge is 0.477 e. The molecule has 2 aliphatic heterocycles. The smallest absolute Gasteiger partial charge is 0.342 e. The van der Waals surface area contributed by atoms with Gasteiger partial charge in [-0.3, -0.25) is 4.79 Å². The molecule has 1 aromatic heterocycles. The SMILES string of the molecule is Cc1ccc(-c2c(F)c(N3CCN(C)CC3)cc3c2c(=O)c(C(=O)O)c2n3CS2)cc1. The number of thioether (sulfide) groups is 1. The van der Waals surface area contributed by atoms with Gasteiger partial charge in [0.2, 0.25) is 5.43 Å². The molecule has 3 heterocycles. The number of carbonyl (C=O) groups is 1. The van der Waals surface area contributed by atoms with E-state index in [-0.39, 0.29) is 16.5 Å². The zero-order valence-corrected chi connectivity index (χ0v) is 18.1. The first-order valence-corrected chi connectivity index (χ1v) is 11.1. The number of piperazine rings is 1. The zero-order valence-electron chi connectivity index (χ0n) is 17.3. The van der Waals surface area contributed by atoms with Crippen LogP contribution in [-0.2, 0) is 5.88 Å². The first kappa shape index (κ1) is 20.1. The van der Waals surface area contributed by atoms with Crippen molar-refractivity contribution in [2.24, 2.45) is 0 Å². The Morgan fingerprint density at radius 3 is 2.39 bits per heavy atom. The molecule has 160 valence electrons. The van der Waals surface area contributed by atoms with Crippen molar-refractivity contribution >= 4 is 34.3 Å². The van der Waals surface area contributed by atoms with Crippen LogP contribution in [0.5, 0.6) is 0 Å². The van der Waals surface area contributed by atoms with Gasteiger partial charge in [-0.25, -0.2) is 9.18 Å². The normalized spacial score (nSPS) is 16.3. The lowest BCUT2D eigenvalue weighted by Gasteiger charge is -2.35. The molecular formula is C23H22FN3O3S. The van der Waals surface area contributed by atoms with Crippen LogP contribution in [0.2, 0.25) is 0 Å². The maximum atomic E-state index is 16.1. The van der Waals surface area contributed by atoms with Gasteiger partial charge in [-0.15, -0.1) is 0 Å². The Morgan fingerprint density at radius 2 is 1.81 bits per heavy atom. The minimum Gasteiger partial charge on any atom is -0.477 e. The number of nitrogens with zero attached hydrogens (tertiary/aromatic N) is 3. The number of pyridine rings is 1. The van der Waals surface area contributed by atoms with Gasteiger partial charge in [0.15, 0.2) is 5.82 Å².